The number of benzene rings is 1. The Kier molecular flexibility index (Phi) is 6.33. The summed E-state index contributed by atoms with van der Waals surface area (Å²) in [6.07, 6.45) is -0.0765. The SMILES string of the molecule is COC(=O)C[C@H]1C(=O)NCCN1CC(=O)Nc1ccc(Br)cc1C. The molecule has 1 aromatic rings. The van der Waals surface area contributed by atoms with Gasteiger partial charge in [0.05, 0.1) is 20.1 Å². The van der Waals surface area contributed by atoms with Gasteiger partial charge in [-0.1, -0.05) is 15.9 Å². The molecule has 2 rings (SSSR count). The number of hydrogen-bond donors (Lipinski definition) is 2. The molecule has 7 nitrogen and oxygen atoms in total. The standard InChI is InChI=1S/C16H20BrN3O4/c1-10-7-11(17)3-4-12(10)19-14(21)9-20-6-5-18-16(23)13(20)8-15(22)24-2/h3-4,7,13H,5-6,8-9H2,1-2H3,(H,18,23)(H,19,21)/t13-/m0/s1. The number of anilines is 1. The third-order valence-corrected chi connectivity index (χ3v) is 4.33. The van der Waals surface area contributed by atoms with Crippen LogP contribution in [-0.4, -0.2) is 55.5 Å². The van der Waals surface area contributed by atoms with Crippen LogP contribution < -0.4 is 10.6 Å². The second-order valence-corrected chi connectivity index (χ2v) is 6.48. The van der Waals surface area contributed by atoms with Crippen LogP contribution in [0.1, 0.15) is 12.0 Å². The summed E-state index contributed by atoms with van der Waals surface area (Å²) in [5.74, 6) is -0.976. The first-order valence-corrected chi connectivity index (χ1v) is 8.34. The predicted octanol–water partition coefficient (Wildman–Crippen LogP) is 1.06. The zero-order valence-corrected chi connectivity index (χ0v) is 15.2. The average Bonchev–Trinajstić information content (AvgIpc) is 2.53. The van der Waals surface area contributed by atoms with Crippen molar-refractivity contribution in [2.24, 2.45) is 0 Å². The van der Waals surface area contributed by atoms with E-state index in [2.05, 4.69) is 31.3 Å². The highest BCUT2D eigenvalue weighted by Crippen LogP contribution is 2.20. The summed E-state index contributed by atoms with van der Waals surface area (Å²) in [4.78, 5) is 37.5. The Labute approximate surface area is 148 Å². The molecule has 0 aromatic heterocycles. The highest BCUT2D eigenvalue weighted by molar-refractivity contribution is 9.10. The van der Waals surface area contributed by atoms with Crippen molar-refractivity contribution in [3.8, 4) is 0 Å². The first-order valence-electron chi connectivity index (χ1n) is 7.55. The Hall–Kier alpha value is -1.93. The number of piperazine rings is 1. The molecule has 2 N–H and O–H groups in total. The topological polar surface area (TPSA) is 87.7 Å². The molecular weight excluding hydrogens is 378 g/mol. The molecule has 1 fully saturated rings. The Morgan fingerprint density at radius 2 is 2.21 bits per heavy atom. The van der Waals surface area contributed by atoms with Gasteiger partial charge in [-0.05, 0) is 30.7 Å². The molecule has 1 heterocycles. The van der Waals surface area contributed by atoms with Gasteiger partial charge < -0.3 is 15.4 Å². The van der Waals surface area contributed by atoms with Crippen LogP contribution in [0.15, 0.2) is 22.7 Å². The molecule has 0 bridgehead atoms. The summed E-state index contributed by atoms with van der Waals surface area (Å²) < 4.78 is 5.56. The molecule has 0 spiro atoms. The lowest BCUT2D eigenvalue weighted by atomic mass is 10.1. The second kappa shape index (κ2) is 8.25. The Bertz CT molecular complexity index is 650. The van der Waals surface area contributed by atoms with Gasteiger partial charge in [-0.25, -0.2) is 0 Å². The number of nitrogens with zero attached hydrogens (tertiary/aromatic N) is 1. The largest absolute Gasteiger partial charge is 0.469 e. The van der Waals surface area contributed by atoms with E-state index in [1.807, 2.05) is 25.1 Å². The summed E-state index contributed by atoms with van der Waals surface area (Å²) in [5, 5.41) is 5.54. The quantitative estimate of drug-likeness (QED) is 0.725. The van der Waals surface area contributed by atoms with Crippen molar-refractivity contribution in [2.45, 2.75) is 19.4 Å². The predicted molar refractivity (Wildman–Crippen MR) is 92.5 cm³/mol. The molecule has 0 aliphatic carbocycles. The summed E-state index contributed by atoms with van der Waals surface area (Å²) in [5.41, 5.74) is 1.65. The summed E-state index contributed by atoms with van der Waals surface area (Å²) >= 11 is 3.38. The summed E-state index contributed by atoms with van der Waals surface area (Å²) in [7, 11) is 1.27. The van der Waals surface area contributed by atoms with Crippen LogP contribution in [0.5, 0.6) is 0 Å². The van der Waals surface area contributed by atoms with E-state index in [0.717, 1.165) is 10.0 Å². The summed E-state index contributed by atoms with van der Waals surface area (Å²) in [6.45, 7) is 2.88. The van der Waals surface area contributed by atoms with Gasteiger partial charge in [0.15, 0.2) is 0 Å². The van der Waals surface area contributed by atoms with E-state index in [0.29, 0.717) is 18.8 Å². The third-order valence-electron chi connectivity index (χ3n) is 3.84. The number of nitrogens with one attached hydrogen (secondary N) is 2. The smallest absolute Gasteiger partial charge is 0.307 e. The third kappa shape index (κ3) is 4.78. The number of ether oxygens (including phenoxy) is 1. The van der Waals surface area contributed by atoms with Crippen LogP contribution in [0.4, 0.5) is 5.69 Å². The van der Waals surface area contributed by atoms with Crippen LogP contribution >= 0.6 is 15.9 Å². The molecule has 0 saturated carbocycles. The number of aryl methyl sites for hydroxylation is 1. The minimum atomic E-state index is -0.692. The molecule has 1 saturated heterocycles. The van der Waals surface area contributed by atoms with Crippen molar-refractivity contribution in [3.05, 3.63) is 28.2 Å². The second-order valence-electron chi connectivity index (χ2n) is 5.56. The van der Waals surface area contributed by atoms with Gasteiger partial charge in [-0.15, -0.1) is 0 Å². The lowest BCUT2D eigenvalue weighted by Crippen LogP contribution is -2.57. The van der Waals surface area contributed by atoms with E-state index < -0.39 is 12.0 Å². The fraction of sp³-hybridized carbons (Fsp3) is 0.438. The number of esters is 1. The van der Waals surface area contributed by atoms with Crippen LogP contribution in [0.3, 0.4) is 0 Å². The number of hydrogen-bond acceptors (Lipinski definition) is 5. The van der Waals surface area contributed by atoms with E-state index in [4.69, 9.17) is 0 Å². The Balaban J connectivity index is 2.02. The molecule has 1 atom stereocenters. The van der Waals surface area contributed by atoms with Crippen LogP contribution in [0.25, 0.3) is 0 Å². The molecule has 1 aromatic carbocycles. The normalized spacial score (nSPS) is 18.0. The van der Waals surface area contributed by atoms with E-state index in [1.165, 1.54) is 7.11 Å². The molecular formula is C16H20BrN3O4. The number of carbonyl (C=O) groups is 3. The first-order chi connectivity index (χ1) is 11.4. The minimum Gasteiger partial charge on any atom is -0.469 e. The average molecular weight is 398 g/mol. The van der Waals surface area contributed by atoms with Crippen molar-refractivity contribution in [2.75, 3.05) is 32.1 Å². The number of methoxy groups -OCH3 is 1. The van der Waals surface area contributed by atoms with Gasteiger partial charge in [0.25, 0.3) is 0 Å². The van der Waals surface area contributed by atoms with Crippen molar-refractivity contribution >= 4 is 39.4 Å². The maximum absolute atomic E-state index is 12.3. The number of amides is 2. The minimum absolute atomic E-state index is 0.0323. The molecule has 130 valence electrons. The van der Waals surface area contributed by atoms with Gasteiger partial charge in [-0.3, -0.25) is 19.3 Å². The van der Waals surface area contributed by atoms with E-state index >= 15 is 0 Å². The van der Waals surface area contributed by atoms with Gasteiger partial charge in [0.1, 0.15) is 6.04 Å². The van der Waals surface area contributed by atoms with Gasteiger partial charge in [0, 0.05) is 23.2 Å². The number of rotatable bonds is 5. The Morgan fingerprint density at radius 3 is 2.88 bits per heavy atom. The highest BCUT2D eigenvalue weighted by atomic mass is 79.9. The Morgan fingerprint density at radius 1 is 1.46 bits per heavy atom. The van der Waals surface area contributed by atoms with Crippen molar-refractivity contribution < 1.29 is 19.1 Å². The molecule has 24 heavy (non-hydrogen) atoms. The fourth-order valence-electron chi connectivity index (χ4n) is 2.56. The van der Waals surface area contributed by atoms with Crippen molar-refractivity contribution in [3.63, 3.8) is 0 Å². The van der Waals surface area contributed by atoms with Crippen LogP contribution in [-0.2, 0) is 19.1 Å². The zero-order valence-electron chi connectivity index (χ0n) is 13.6. The number of carbonyl (C=O) groups excluding carboxylic acids is 3. The zero-order chi connectivity index (χ0) is 17.7. The maximum atomic E-state index is 12.3. The molecule has 2 amide bonds. The monoisotopic (exact) mass is 397 g/mol. The fourth-order valence-corrected chi connectivity index (χ4v) is 3.03. The lowest BCUT2D eigenvalue weighted by molar-refractivity contribution is -0.146. The van der Waals surface area contributed by atoms with Gasteiger partial charge in [0.2, 0.25) is 11.8 Å². The van der Waals surface area contributed by atoms with Gasteiger partial charge >= 0.3 is 5.97 Å². The first kappa shape index (κ1) is 18.4. The van der Waals surface area contributed by atoms with Crippen molar-refractivity contribution in [1.82, 2.24) is 10.2 Å². The van der Waals surface area contributed by atoms with Crippen molar-refractivity contribution in [1.29, 1.82) is 0 Å². The molecule has 1 aliphatic rings. The van der Waals surface area contributed by atoms with E-state index in [-0.39, 0.29) is 24.8 Å². The van der Waals surface area contributed by atoms with Crippen LogP contribution in [0, 0.1) is 6.92 Å². The molecule has 8 heteroatoms. The van der Waals surface area contributed by atoms with E-state index in [9.17, 15) is 14.4 Å². The molecule has 1 aliphatic heterocycles. The molecule has 0 radical (unpaired) electrons. The van der Waals surface area contributed by atoms with Gasteiger partial charge in [-0.2, -0.15) is 0 Å². The molecule has 0 unspecified atom stereocenters. The summed E-state index contributed by atoms with van der Waals surface area (Å²) in [6, 6.07) is 4.87. The maximum Gasteiger partial charge on any atom is 0.307 e. The van der Waals surface area contributed by atoms with E-state index in [1.54, 1.807) is 4.90 Å². The highest BCUT2D eigenvalue weighted by Gasteiger charge is 2.33. The lowest BCUT2D eigenvalue weighted by Gasteiger charge is -2.33. The number of halogens is 1. The van der Waals surface area contributed by atoms with Crippen LogP contribution in [0.2, 0.25) is 0 Å².